The van der Waals surface area contributed by atoms with E-state index in [4.69, 9.17) is 17.0 Å². The minimum Gasteiger partial charge on any atom is -0.387 e. The Balaban J connectivity index is 3.03. The number of guanidine groups is 1. The van der Waals surface area contributed by atoms with E-state index in [1.54, 1.807) is 18.2 Å². The lowest BCUT2D eigenvalue weighted by Gasteiger charge is -1.97. The van der Waals surface area contributed by atoms with Crippen molar-refractivity contribution in [3.8, 4) is 0 Å². The van der Waals surface area contributed by atoms with Gasteiger partial charge in [-0.15, -0.1) is 0 Å². The molecule has 0 aliphatic rings. The van der Waals surface area contributed by atoms with Crippen molar-refractivity contribution in [3.63, 3.8) is 0 Å². The summed E-state index contributed by atoms with van der Waals surface area (Å²) in [5.41, 5.74) is 11.1. The molecule has 1 atom stereocenters. The molecule has 0 amide bonds. The van der Waals surface area contributed by atoms with Crippen LogP contribution in [0.1, 0.15) is 18.0 Å². The third-order valence-corrected chi connectivity index (χ3v) is 1.43. The molecule has 0 fully saturated rings. The second-order valence-electron chi connectivity index (χ2n) is 2.83. The number of hydrogen-bond donors (Lipinski definition) is 2. The molecule has 1 rings (SSSR count). The molecule has 4 heteroatoms. The molecule has 0 bridgehead atoms. The van der Waals surface area contributed by atoms with Gasteiger partial charge in [-0.1, -0.05) is 30.3 Å². The van der Waals surface area contributed by atoms with E-state index in [-0.39, 0.29) is 17.8 Å². The highest BCUT2D eigenvalue weighted by Crippen LogP contribution is 1.99. The van der Waals surface area contributed by atoms with E-state index >= 15 is 0 Å². The van der Waals surface area contributed by atoms with Crippen molar-refractivity contribution in [1.82, 2.24) is 0 Å². The Labute approximate surface area is 95.3 Å². The van der Waals surface area contributed by atoms with Gasteiger partial charge in [-0.05, 0) is 18.9 Å². The lowest BCUT2D eigenvalue weighted by atomic mass is 10.2. The lowest BCUT2D eigenvalue weighted by Crippen LogP contribution is -2.16. The highest BCUT2D eigenvalue weighted by atomic mass is 15.1. The average Bonchev–Trinajstić information content (AvgIpc) is 2.25. The zero-order chi connectivity index (χ0) is 14.6. The van der Waals surface area contributed by atoms with Gasteiger partial charge >= 0.3 is 0 Å². The topological polar surface area (TPSA) is 76.8 Å². The molecule has 80 valence electrons. The fourth-order valence-electron chi connectivity index (χ4n) is 0.876. The number of aliphatic imine (C=N–C) groups is 2. The highest BCUT2D eigenvalue weighted by molar-refractivity contribution is 5.93. The second kappa shape index (κ2) is 5.80. The standard InChI is InChI=1S/C11H16N4/c1-9(12)15-11(13)14-8-7-10-5-3-2-4-6-10/h2-6H,7-8H2,1H3,(H4,12,13,14,15)/i3D,7D,8D2. The van der Waals surface area contributed by atoms with Crippen LogP contribution in [0.5, 0.6) is 0 Å². The number of amidine groups is 1. The van der Waals surface area contributed by atoms with Crippen LogP contribution in [0.15, 0.2) is 40.3 Å². The fourth-order valence-corrected chi connectivity index (χ4v) is 0.876. The van der Waals surface area contributed by atoms with Crippen LogP contribution >= 0.6 is 0 Å². The van der Waals surface area contributed by atoms with Gasteiger partial charge in [0, 0.05) is 7.87 Å². The summed E-state index contributed by atoms with van der Waals surface area (Å²) in [7, 11) is 0. The van der Waals surface area contributed by atoms with Gasteiger partial charge in [0.15, 0.2) is 0 Å². The van der Waals surface area contributed by atoms with Crippen LogP contribution in [-0.4, -0.2) is 18.3 Å². The maximum absolute atomic E-state index is 7.89. The fraction of sp³-hybridized carbons (Fsp3) is 0.273. The van der Waals surface area contributed by atoms with E-state index < -0.39 is 12.9 Å². The number of aryl methyl sites for hydroxylation is 1. The average molecular weight is 208 g/mol. The first-order chi connectivity index (χ1) is 8.72. The summed E-state index contributed by atoms with van der Waals surface area (Å²) in [6, 6.07) is 6.32. The Hall–Kier alpha value is -1.84. The van der Waals surface area contributed by atoms with E-state index in [0.29, 0.717) is 5.56 Å². The van der Waals surface area contributed by atoms with Crippen LogP contribution in [0.2, 0.25) is 0 Å². The molecular formula is C11H16N4. The van der Waals surface area contributed by atoms with Crippen molar-refractivity contribution in [3.05, 3.63) is 35.9 Å². The van der Waals surface area contributed by atoms with Gasteiger partial charge in [0.05, 0.1) is 9.95 Å². The molecular weight excluding hydrogens is 188 g/mol. The van der Waals surface area contributed by atoms with Gasteiger partial charge < -0.3 is 11.5 Å². The zero-order valence-corrected chi connectivity index (χ0v) is 8.44. The van der Waals surface area contributed by atoms with Gasteiger partial charge in [-0.25, -0.2) is 4.99 Å². The number of rotatable bonds is 3. The van der Waals surface area contributed by atoms with E-state index in [9.17, 15) is 0 Å². The molecule has 15 heavy (non-hydrogen) atoms. The van der Waals surface area contributed by atoms with E-state index in [1.165, 1.54) is 13.0 Å². The van der Waals surface area contributed by atoms with E-state index in [0.717, 1.165) is 0 Å². The maximum Gasteiger partial charge on any atom is 0.216 e. The molecule has 1 unspecified atom stereocenters. The molecule has 0 aromatic heterocycles. The van der Waals surface area contributed by atoms with Crippen molar-refractivity contribution >= 4 is 11.8 Å². The minimum absolute atomic E-state index is 0.159. The van der Waals surface area contributed by atoms with Crippen LogP contribution in [0.4, 0.5) is 0 Å². The van der Waals surface area contributed by atoms with Crippen molar-refractivity contribution in [2.45, 2.75) is 13.3 Å². The number of benzene rings is 1. The summed E-state index contributed by atoms with van der Waals surface area (Å²) < 4.78 is 30.9. The van der Waals surface area contributed by atoms with Gasteiger partial charge in [-0.3, -0.25) is 4.99 Å². The molecule has 1 aromatic carbocycles. The predicted octanol–water partition coefficient (Wildman–Crippen LogP) is 0.921. The Morgan fingerprint density at radius 3 is 2.93 bits per heavy atom. The largest absolute Gasteiger partial charge is 0.387 e. The van der Waals surface area contributed by atoms with Crippen LogP contribution in [-0.2, 0) is 6.40 Å². The normalized spacial score (nSPS) is 19.8. The summed E-state index contributed by atoms with van der Waals surface area (Å²) in [6.07, 6.45) is -1.30. The van der Waals surface area contributed by atoms with Gasteiger partial charge in [-0.2, -0.15) is 0 Å². The molecule has 0 saturated heterocycles. The van der Waals surface area contributed by atoms with Crippen LogP contribution in [0.3, 0.4) is 0 Å². The summed E-state index contributed by atoms with van der Waals surface area (Å²) in [6.45, 7) is -0.753. The first kappa shape index (κ1) is 6.61. The minimum atomic E-state index is -2.25. The summed E-state index contributed by atoms with van der Waals surface area (Å²) >= 11 is 0. The Bertz CT molecular complexity index is 509. The maximum atomic E-state index is 7.89. The Kier molecular flexibility index (Phi) is 2.55. The SMILES string of the molecule is [2H]c1cccc(C([2H])C([2H])([2H])N=C(N)N=C(C)N)c1. The summed E-state index contributed by atoms with van der Waals surface area (Å²) in [5.74, 6) is -0.156. The van der Waals surface area contributed by atoms with Crippen molar-refractivity contribution < 1.29 is 5.48 Å². The zero-order valence-electron chi connectivity index (χ0n) is 12.4. The number of nitrogens with two attached hydrogens (primary N) is 2. The van der Waals surface area contributed by atoms with Gasteiger partial charge in [0.25, 0.3) is 0 Å². The third kappa shape index (κ3) is 4.81. The molecule has 4 nitrogen and oxygen atoms in total. The van der Waals surface area contributed by atoms with Crippen molar-refractivity contribution in [2.24, 2.45) is 21.5 Å². The third-order valence-electron chi connectivity index (χ3n) is 1.43. The Morgan fingerprint density at radius 2 is 2.27 bits per heavy atom. The summed E-state index contributed by atoms with van der Waals surface area (Å²) in [4.78, 5) is 7.18. The molecule has 0 spiro atoms. The van der Waals surface area contributed by atoms with Crippen molar-refractivity contribution in [2.75, 3.05) is 6.50 Å². The predicted molar refractivity (Wildman–Crippen MR) is 63.9 cm³/mol. The molecule has 0 radical (unpaired) electrons. The second-order valence-corrected chi connectivity index (χ2v) is 2.83. The molecule has 0 heterocycles. The summed E-state index contributed by atoms with van der Waals surface area (Å²) in [5, 5.41) is 0. The number of nitrogens with zero attached hydrogens (tertiary/aromatic N) is 2. The lowest BCUT2D eigenvalue weighted by molar-refractivity contribution is 0.962. The quantitative estimate of drug-likeness (QED) is 0.572. The molecule has 0 saturated carbocycles. The van der Waals surface area contributed by atoms with Crippen molar-refractivity contribution in [1.29, 1.82) is 0 Å². The highest BCUT2D eigenvalue weighted by Gasteiger charge is 1.91. The number of hydrogen-bond acceptors (Lipinski definition) is 1. The molecule has 4 N–H and O–H groups in total. The van der Waals surface area contributed by atoms with E-state index in [1.807, 2.05) is 0 Å². The monoisotopic (exact) mass is 208 g/mol. The first-order valence-electron chi connectivity index (χ1n) is 6.45. The van der Waals surface area contributed by atoms with Crippen LogP contribution in [0, 0.1) is 0 Å². The van der Waals surface area contributed by atoms with Gasteiger partial charge in [0.2, 0.25) is 5.96 Å². The molecule has 0 aliphatic heterocycles. The Morgan fingerprint density at radius 1 is 1.47 bits per heavy atom. The van der Waals surface area contributed by atoms with Crippen LogP contribution in [0.25, 0.3) is 0 Å². The van der Waals surface area contributed by atoms with Crippen LogP contribution < -0.4 is 11.5 Å². The first-order valence-corrected chi connectivity index (χ1v) is 4.37. The van der Waals surface area contributed by atoms with E-state index in [2.05, 4.69) is 9.98 Å². The molecule has 1 aromatic rings. The van der Waals surface area contributed by atoms with Gasteiger partial charge in [0.1, 0.15) is 0 Å². The molecule has 0 aliphatic carbocycles. The smallest absolute Gasteiger partial charge is 0.216 e.